The van der Waals surface area contributed by atoms with Gasteiger partial charge in [-0.15, -0.1) is 0 Å². The molecule has 0 aliphatic heterocycles. The molecule has 0 bridgehead atoms. The number of carbonyl (C=O) groups is 2. The first-order valence-corrected chi connectivity index (χ1v) is 6.97. The average molecular weight is 278 g/mol. The van der Waals surface area contributed by atoms with Crippen LogP contribution in [0, 0.1) is 5.92 Å². The van der Waals surface area contributed by atoms with E-state index >= 15 is 0 Å². The van der Waals surface area contributed by atoms with Crippen molar-refractivity contribution in [3.05, 3.63) is 34.9 Å². The van der Waals surface area contributed by atoms with Crippen molar-refractivity contribution in [1.29, 1.82) is 0 Å². The Morgan fingerprint density at radius 2 is 1.65 bits per heavy atom. The first-order chi connectivity index (χ1) is 9.51. The van der Waals surface area contributed by atoms with E-state index in [1.807, 2.05) is 6.07 Å². The van der Waals surface area contributed by atoms with Gasteiger partial charge in [-0.05, 0) is 37.8 Å². The van der Waals surface area contributed by atoms with E-state index in [9.17, 15) is 9.59 Å². The average Bonchev–Trinajstić information content (AvgIpc) is 2.38. The first kappa shape index (κ1) is 16.2. The van der Waals surface area contributed by atoms with E-state index in [1.54, 1.807) is 26.0 Å². The van der Waals surface area contributed by atoms with E-state index in [0.29, 0.717) is 17.9 Å². The molecular weight excluding hydrogens is 256 g/mol. The van der Waals surface area contributed by atoms with Crippen LogP contribution in [0.3, 0.4) is 0 Å². The minimum absolute atomic E-state index is 0.273. The predicted octanol–water partition coefficient (Wildman–Crippen LogP) is 3.24. The zero-order chi connectivity index (χ0) is 15.1. The molecular formula is C16H22O4. The monoisotopic (exact) mass is 278 g/mol. The SMILES string of the molecule is CCOC(=O)c1cccc(CC(C)C)c1C(=O)OCC. The molecule has 0 heterocycles. The van der Waals surface area contributed by atoms with Gasteiger partial charge in [0.15, 0.2) is 0 Å². The normalized spacial score (nSPS) is 10.4. The van der Waals surface area contributed by atoms with Crippen LogP contribution < -0.4 is 0 Å². The van der Waals surface area contributed by atoms with Gasteiger partial charge in [0.05, 0.1) is 24.3 Å². The van der Waals surface area contributed by atoms with Gasteiger partial charge in [0, 0.05) is 0 Å². The summed E-state index contributed by atoms with van der Waals surface area (Å²) in [6.07, 6.45) is 0.710. The maximum atomic E-state index is 12.1. The Morgan fingerprint density at radius 3 is 2.20 bits per heavy atom. The van der Waals surface area contributed by atoms with Gasteiger partial charge in [-0.2, -0.15) is 0 Å². The van der Waals surface area contributed by atoms with E-state index in [4.69, 9.17) is 9.47 Å². The number of hydrogen-bond acceptors (Lipinski definition) is 4. The second kappa shape index (κ2) is 7.68. The highest BCUT2D eigenvalue weighted by Crippen LogP contribution is 2.20. The summed E-state index contributed by atoms with van der Waals surface area (Å²) in [4.78, 5) is 24.1. The quantitative estimate of drug-likeness (QED) is 0.750. The highest BCUT2D eigenvalue weighted by atomic mass is 16.5. The Balaban J connectivity index is 3.28. The molecule has 20 heavy (non-hydrogen) atoms. The van der Waals surface area contributed by atoms with E-state index in [1.165, 1.54) is 0 Å². The molecule has 1 aromatic carbocycles. The smallest absolute Gasteiger partial charge is 0.339 e. The third kappa shape index (κ3) is 4.08. The minimum Gasteiger partial charge on any atom is -0.462 e. The lowest BCUT2D eigenvalue weighted by molar-refractivity contribution is 0.0477. The van der Waals surface area contributed by atoms with Gasteiger partial charge in [-0.1, -0.05) is 26.0 Å². The molecule has 110 valence electrons. The highest BCUT2D eigenvalue weighted by Gasteiger charge is 2.22. The summed E-state index contributed by atoms with van der Waals surface area (Å²) in [5.74, 6) is -0.575. The highest BCUT2D eigenvalue weighted by molar-refractivity contribution is 6.04. The van der Waals surface area contributed by atoms with Crippen molar-refractivity contribution in [2.24, 2.45) is 5.92 Å². The van der Waals surface area contributed by atoms with Crippen molar-refractivity contribution >= 4 is 11.9 Å². The molecule has 1 rings (SSSR count). The Labute approximate surface area is 120 Å². The number of benzene rings is 1. The standard InChI is InChI=1S/C16H22O4/c1-5-19-15(17)13-9-7-8-12(10-11(3)4)14(13)16(18)20-6-2/h7-9,11H,5-6,10H2,1-4H3. The fourth-order valence-electron chi connectivity index (χ4n) is 2.03. The van der Waals surface area contributed by atoms with Crippen LogP contribution in [-0.4, -0.2) is 25.2 Å². The van der Waals surface area contributed by atoms with E-state index in [2.05, 4.69) is 13.8 Å². The molecule has 0 saturated heterocycles. The summed E-state index contributed by atoms with van der Waals surface area (Å²) in [5.41, 5.74) is 1.44. The summed E-state index contributed by atoms with van der Waals surface area (Å²) in [7, 11) is 0. The maximum Gasteiger partial charge on any atom is 0.339 e. The molecule has 0 spiro atoms. The third-order valence-corrected chi connectivity index (χ3v) is 2.75. The van der Waals surface area contributed by atoms with Gasteiger partial charge >= 0.3 is 11.9 Å². The van der Waals surface area contributed by atoms with Crippen molar-refractivity contribution < 1.29 is 19.1 Å². The molecule has 4 heteroatoms. The largest absolute Gasteiger partial charge is 0.462 e. The van der Waals surface area contributed by atoms with Crippen LogP contribution in [0.5, 0.6) is 0 Å². The van der Waals surface area contributed by atoms with Crippen molar-refractivity contribution in [3.63, 3.8) is 0 Å². The molecule has 0 fully saturated rings. The van der Waals surface area contributed by atoms with Gasteiger partial charge in [-0.3, -0.25) is 0 Å². The van der Waals surface area contributed by atoms with Crippen molar-refractivity contribution in [3.8, 4) is 0 Å². The Morgan fingerprint density at radius 1 is 1.05 bits per heavy atom. The number of ether oxygens (including phenoxy) is 2. The number of esters is 2. The molecule has 0 aliphatic carbocycles. The van der Waals surface area contributed by atoms with Gasteiger partial charge in [0.2, 0.25) is 0 Å². The molecule has 0 radical (unpaired) electrons. The molecule has 0 saturated carbocycles. The molecule has 4 nitrogen and oxygen atoms in total. The van der Waals surface area contributed by atoms with E-state index in [-0.39, 0.29) is 18.8 Å². The summed E-state index contributed by atoms with van der Waals surface area (Å²) < 4.78 is 10.1. The summed E-state index contributed by atoms with van der Waals surface area (Å²) in [6, 6.07) is 5.23. The molecule has 0 unspecified atom stereocenters. The second-order valence-corrected chi connectivity index (χ2v) is 4.88. The third-order valence-electron chi connectivity index (χ3n) is 2.75. The van der Waals surface area contributed by atoms with Crippen LogP contribution in [0.2, 0.25) is 0 Å². The van der Waals surface area contributed by atoms with Gasteiger partial charge in [0.1, 0.15) is 0 Å². The summed E-state index contributed by atoms with van der Waals surface area (Å²) in [5, 5.41) is 0. The van der Waals surface area contributed by atoms with Crippen molar-refractivity contribution in [2.45, 2.75) is 34.1 Å². The minimum atomic E-state index is -0.485. The maximum absolute atomic E-state index is 12.1. The molecule has 1 aromatic rings. The molecule has 0 aromatic heterocycles. The lowest BCUT2D eigenvalue weighted by Gasteiger charge is -2.14. The summed E-state index contributed by atoms with van der Waals surface area (Å²) >= 11 is 0. The van der Waals surface area contributed by atoms with Gasteiger partial charge < -0.3 is 9.47 Å². The predicted molar refractivity (Wildman–Crippen MR) is 76.9 cm³/mol. The fraction of sp³-hybridized carbons (Fsp3) is 0.500. The topological polar surface area (TPSA) is 52.6 Å². The zero-order valence-corrected chi connectivity index (χ0v) is 12.6. The van der Waals surface area contributed by atoms with Crippen molar-refractivity contribution in [2.75, 3.05) is 13.2 Å². The summed E-state index contributed by atoms with van der Waals surface area (Å²) in [6.45, 7) is 8.15. The number of rotatable bonds is 6. The Kier molecular flexibility index (Phi) is 6.22. The van der Waals surface area contributed by atoms with E-state index < -0.39 is 11.9 Å². The zero-order valence-electron chi connectivity index (χ0n) is 12.6. The van der Waals surface area contributed by atoms with Crippen LogP contribution >= 0.6 is 0 Å². The number of hydrogen-bond donors (Lipinski definition) is 0. The van der Waals surface area contributed by atoms with Crippen LogP contribution in [-0.2, 0) is 15.9 Å². The fourth-order valence-corrected chi connectivity index (χ4v) is 2.03. The molecule has 0 aliphatic rings. The molecule has 0 N–H and O–H groups in total. The van der Waals surface area contributed by atoms with Crippen LogP contribution in [0.25, 0.3) is 0 Å². The van der Waals surface area contributed by atoms with Crippen LogP contribution in [0.1, 0.15) is 54.0 Å². The van der Waals surface area contributed by atoms with Crippen LogP contribution in [0.15, 0.2) is 18.2 Å². The lowest BCUT2D eigenvalue weighted by Crippen LogP contribution is -2.17. The number of carbonyl (C=O) groups excluding carboxylic acids is 2. The van der Waals surface area contributed by atoms with Crippen molar-refractivity contribution in [1.82, 2.24) is 0 Å². The molecule has 0 atom stereocenters. The Bertz CT molecular complexity index is 477. The van der Waals surface area contributed by atoms with Gasteiger partial charge in [-0.25, -0.2) is 9.59 Å². The molecule has 0 amide bonds. The van der Waals surface area contributed by atoms with E-state index in [0.717, 1.165) is 5.56 Å². The second-order valence-electron chi connectivity index (χ2n) is 4.88. The Hall–Kier alpha value is -1.84. The van der Waals surface area contributed by atoms with Gasteiger partial charge in [0.25, 0.3) is 0 Å². The lowest BCUT2D eigenvalue weighted by atomic mass is 9.94. The first-order valence-electron chi connectivity index (χ1n) is 6.97. The van der Waals surface area contributed by atoms with Crippen LogP contribution in [0.4, 0.5) is 0 Å².